The Bertz CT molecular complexity index is 1050. The highest BCUT2D eigenvalue weighted by molar-refractivity contribution is 6.29. The summed E-state index contributed by atoms with van der Waals surface area (Å²) in [5.74, 6) is -0.575. The van der Waals surface area contributed by atoms with E-state index in [0.717, 1.165) is 25.1 Å². The van der Waals surface area contributed by atoms with Crippen molar-refractivity contribution in [1.82, 2.24) is 14.8 Å². The molecule has 0 unspecified atom stereocenters. The number of benzene rings is 1. The van der Waals surface area contributed by atoms with Crippen molar-refractivity contribution in [2.45, 2.75) is 38.9 Å². The smallest absolute Gasteiger partial charge is 0.265 e. The predicted molar refractivity (Wildman–Crippen MR) is 110 cm³/mol. The lowest BCUT2D eigenvalue weighted by molar-refractivity contribution is -0.180. The van der Waals surface area contributed by atoms with Crippen LogP contribution in [0, 0.1) is 6.92 Å². The van der Waals surface area contributed by atoms with Crippen molar-refractivity contribution >= 4 is 23.5 Å². The van der Waals surface area contributed by atoms with E-state index in [9.17, 15) is 17.6 Å². The van der Waals surface area contributed by atoms with Crippen LogP contribution in [0.15, 0.2) is 48.7 Å². The first-order chi connectivity index (χ1) is 14.0. The number of aryl methyl sites for hydroxylation is 1. The van der Waals surface area contributed by atoms with Crippen LogP contribution in [0.25, 0.3) is 11.9 Å². The maximum atomic E-state index is 14.7. The molecular formula is C22H20ClF4N3. The third kappa shape index (κ3) is 4.73. The summed E-state index contributed by atoms with van der Waals surface area (Å²) in [6.07, 6.45) is -1.50. The fourth-order valence-electron chi connectivity index (χ4n) is 2.84. The molecule has 3 nitrogen and oxygen atoms in total. The molecule has 30 heavy (non-hydrogen) atoms. The Hall–Kier alpha value is -2.67. The zero-order valence-electron chi connectivity index (χ0n) is 16.6. The van der Waals surface area contributed by atoms with Gasteiger partial charge in [0.15, 0.2) is 5.83 Å². The highest BCUT2D eigenvalue weighted by Gasteiger charge is 2.48. The van der Waals surface area contributed by atoms with E-state index in [0.29, 0.717) is 17.3 Å². The van der Waals surface area contributed by atoms with Crippen LogP contribution in [0.1, 0.15) is 41.9 Å². The zero-order chi connectivity index (χ0) is 22.1. The molecule has 0 atom stereocenters. The van der Waals surface area contributed by atoms with E-state index in [1.807, 2.05) is 6.07 Å². The van der Waals surface area contributed by atoms with Gasteiger partial charge in [0, 0.05) is 11.9 Å². The molecule has 0 fully saturated rings. The SMILES string of the molecule is Cc1cc(C(F)=Cc2ccc(C(C)(C)C(F)(F)F)cc2)nn1Cc1ccc(Cl)nc1. The molecule has 0 radical (unpaired) electrons. The molecule has 0 spiro atoms. The maximum absolute atomic E-state index is 14.7. The Kier molecular flexibility index (Phi) is 6.04. The van der Waals surface area contributed by atoms with Crippen molar-refractivity contribution in [3.63, 3.8) is 0 Å². The normalized spacial score (nSPS) is 13.0. The van der Waals surface area contributed by atoms with Crippen LogP contribution in [0.2, 0.25) is 5.15 Å². The van der Waals surface area contributed by atoms with Gasteiger partial charge in [0.2, 0.25) is 0 Å². The fourth-order valence-corrected chi connectivity index (χ4v) is 2.95. The molecule has 1 aromatic carbocycles. The number of nitrogens with zero attached hydrogens (tertiary/aromatic N) is 3. The van der Waals surface area contributed by atoms with Gasteiger partial charge in [0.1, 0.15) is 10.8 Å². The van der Waals surface area contributed by atoms with Crippen molar-refractivity contribution in [3.05, 3.63) is 81.9 Å². The quantitative estimate of drug-likeness (QED) is 0.333. The molecular weight excluding hydrogens is 418 g/mol. The van der Waals surface area contributed by atoms with Crippen LogP contribution in [0.5, 0.6) is 0 Å². The van der Waals surface area contributed by atoms with E-state index in [1.54, 1.807) is 29.9 Å². The topological polar surface area (TPSA) is 30.7 Å². The van der Waals surface area contributed by atoms with Gasteiger partial charge in [-0.15, -0.1) is 0 Å². The van der Waals surface area contributed by atoms with Gasteiger partial charge in [-0.2, -0.15) is 18.3 Å². The summed E-state index contributed by atoms with van der Waals surface area (Å²) in [5.41, 5.74) is 0.345. The molecule has 3 aromatic rings. The highest BCUT2D eigenvalue weighted by atomic mass is 35.5. The number of aromatic nitrogens is 3. The second-order valence-corrected chi connectivity index (χ2v) is 7.94. The molecule has 0 saturated heterocycles. The van der Waals surface area contributed by atoms with Gasteiger partial charge in [0.25, 0.3) is 0 Å². The van der Waals surface area contributed by atoms with E-state index in [-0.39, 0.29) is 11.3 Å². The van der Waals surface area contributed by atoms with Crippen LogP contribution in [0.4, 0.5) is 17.6 Å². The fraction of sp³-hybridized carbons (Fsp3) is 0.273. The van der Waals surface area contributed by atoms with Gasteiger partial charge in [-0.05, 0) is 55.7 Å². The number of alkyl halides is 3. The first-order valence-corrected chi connectivity index (χ1v) is 9.55. The molecule has 0 aliphatic heterocycles. The van der Waals surface area contributed by atoms with Crippen LogP contribution in [0.3, 0.4) is 0 Å². The molecule has 0 amide bonds. The Balaban J connectivity index is 1.79. The third-order valence-corrected chi connectivity index (χ3v) is 5.20. The first-order valence-electron chi connectivity index (χ1n) is 9.17. The van der Waals surface area contributed by atoms with Gasteiger partial charge >= 0.3 is 6.18 Å². The van der Waals surface area contributed by atoms with Crippen LogP contribution in [-0.2, 0) is 12.0 Å². The average molecular weight is 438 g/mol. The average Bonchev–Trinajstić information content (AvgIpc) is 3.04. The van der Waals surface area contributed by atoms with Gasteiger partial charge in [-0.3, -0.25) is 4.68 Å². The lowest BCUT2D eigenvalue weighted by Gasteiger charge is -2.28. The minimum atomic E-state index is -4.38. The lowest BCUT2D eigenvalue weighted by atomic mass is 9.83. The highest BCUT2D eigenvalue weighted by Crippen LogP contribution is 2.40. The van der Waals surface area contributed by atoms with Crippen molar-refractivity contribution in [1.29, 1.82) is 0 Å². The van der Waals surface area contributed by atoms with Crippen molar-refractivity contribution in [2.24, 2.45) is 0 Å². The number of hydrogen-bond acceptors (Lipinski definition) is 2. The summed E-state index contributed by atoms with van der Waals surface area (Å²) < 4.78 is 55.9. The van der Waals surface area contributed by atoms with Gasteiger partial charge < -0.3 is 0 Å². The van der Waals surface area contributed by atoms with Crippen molar-refractivity contribution in [2.75, 3.05) is 0 Å². The third-order valence-electron chi connectivity index (χ3n) is 4.98. The van der Waals surface area contributed by atoms with E-state index in [1.165, 1.54) is 30.3 Å². The molecule has 0 N–H and O–H groups in total. The number of pyridine rings is 1. The van der Waals surface area contributed by atoms with E-state index >= 15 is 0 Å². The Morgan fingerprint density at radius 3 is 2.33 bits per heavy atom. The van der Waals surface area contributed by atoms with E-state index in [4.69, 9.17) is 11.6 Å². The largest absolute Gasteiger partial charge is 0.397 e. The minimum absolute atomic E-state index is 0.115. The number of rotatable bonds is 5. The van der Waals surface area contributed by atoms with Gasteiger partial charge in [-0.25, -0.2) is 9.37 Å². The standard InChI is InChI=1S/C22H20ClF4N3/c1-14-10-19(29-30(14)13-16-6-9-20(23)28-12-16)18(24)11-15-4-7-17(8-5-15)21(2,3)22(25,26)27/h4-12H,13H2,1-3H3. The Morgan fingerprint density at radius 2 is 1.77 bits per heavy atom. The van der Waals surface area contributed by atoms with Crippen LogP contribution < -0.4 is 0 Å². The summed E-state index contributed by atoms with van der Waals surface area (Å²) in [6, 6.07) is 10.7. The monoisotopic (exact) mass is 437 g/mol. The Labute approximate surface area is 177 Å². The van der Waals surface area contributed by atoms with E-state index in [2.05, 4.69) is 10.1 Å². The molecule has 0 bridgehead atoms. The molecule has 0 aliphatic rings. The van der Waals surface area contributed by atoms with Crippen molar-refractivity contribution in [3.8, 4) is 0 Å². The molecule has 0 aliphatic carbocycles. The molecule has 158 valence electrons. The Morgan fingerprint density at radius 1 is 1.10 bits per heavy atom. The summed E-state index contributed by atoms with van der Waals surface area (Å²) in [4.78, 5) is 4.01. The van der Waals surface area contributed by atoms with Gasteiger partial charge in [-0.1, -0.05) is 41.9 Å². The summed E-state index contributed by atoms with van der Waals surface area (Å²) >= 11 is 5.78. The molecule has 8 heteroatoms. The summed E-state index contributed by atoms with van der Waals surface area (Å²) in [5, 5.41) is 4.66. The van der Waals surface area contributed by atoms with Gasteiger partial charge in [0.05, 0.1) is 12.0 Å². The van der Waals surface area contributed by atoms with Crippen molar-refractivity contribution < 1.29 is 17.6 Å². The summed E-state index contributed by atoms with van der Waals surface area (Å²) in [6.45, 7) is 4.44. The second-order valence-electron chi connectivity index (χ2n) is 7.55. The maximum Gasteiger partial charge on any atom is 0.397 e. The van der Waals surface area contributed by atoms with E-state index < -0.39 is 17.4 Å². The molecule has 2 heterocycles. The zero-order valence-corrected chi connectivity index (χ0v) is 17.4. The summed E-state index contributed by atoms with van der Waals surface area (Å²) in [7, 11) is 0. The predicted octanol–water partition coefficient (Wildman–Crippen LogP) is 6.60. The molecule has 2 aromatic heterocycles. The molecule has 0 saturated carbocycles. The van der Waals surface area contributed by atoms with Crippen LogP contribution in [-0.4, -0.2) is 20.9 Å². The minimum Gasteiger partial charge on any atom is -0.265 e. The lowest BCUT2D eigenvalue weighted by Crippen LogP contribution is -2.36. The number of hydrogen-bond donors (Lipinski definition) is 0. The second kappa shape index (κ2) is 8.22. The first kappa shape index (κ1) is 22.0. The molecule has 3 rings (SSSR count). The number of halogens is 5. The van der Waals surface area contributed by atoms with Crippen LogP contribution >= 0.6 is 11.6 Å².